The Hall–Kier alpha value is -2.25. The Morgan fingerprint density at radius 3 is 2.76 bits per heavy atom. The first kappa shape index (κ1) is 11.2. The molecular weight excluding hydrogens is 226 g/mol. The first-order valence-electron chi connectivity index (χ1n) is 5.07. The van der Waals surface area contributed by atoms with Crippen LogP contribution in [0.5, 0.6) is 0 Å². The van der Waals surface area contributed by atoms with Crippen LogP contribution >= 0.6 is 0 Å². The fourth-order valence-corrected chi connectivity index (χ4v) is 1.51. The molecule has 0 saturated carbocycles. The first-order chi connectivity index (χ1) is 8.13. The lowest BCUT2D eigenvalue weighted by atomic mass is 10.2. The predicted octanol–water partition coefficient (Wildman–Crippen LogP) is 0.278. The summed E-state index contributed by atoms with van der Waals surface area (Å²) in [4.78, 5) is 10.9. The van der Waals surface area contributed by atoms with Gasteiger partial charge < -0.3 is 5.11 Å². The second kappa shape index (κ2) is 4.32. The third kappa shape index (κ3) is 2.01. The summed E-state index contributed by atoms with van der Waals surface area (Å²) in [6, 6.07) is 0. The number of hydrogen-bond donors (Lipinski definition) is 1. The summed E-state index contributed by atoms with van der Waals surface area (Å²) in [6.07, 6.45) is 0.527. The van der Waals surface area contributed by atoms with Crippen molar-refractivity contribution in [3.05, 3.63) is 22.8 Å². The molecule has 90 valence electrons. The molecule has 1 N–H and O–H groups in total. The van der Waals surface area contributed by atoms with E-state index in [1.807, 2.05) is 6.92 Å². The van der Waals surface area contributed by atoms with Crippen molar-refractivity contribution in [3.8, 4) is 0 Å². The molecule has 0 unspecified atom stereocenters. The summed E-state index contributed by atoms with van der Waals surface area (Å²) in [5, 5.41) is 23.7. The van der Waals surface area contributed by atoms with Gasteiger partial charge in [0.25, 0.3) is 0 Å². The van der Waals surface area contributed by atoms with Crippen LogP contribution in [-0.2, 0) is 13.0 Å². The average Bonchev–Trinajstić information content (AvgIpc) is 2.86. The molecule has 8 heteroatoms. The molecular formula is C9H11N5O3. The fraction of sp³-hybridized carbons (Fsp3) is 0.444. The summed E-state index contributed by atoms with van der Waals surface area (Å²) in [5.74, 6) is -1.08. The number of rotatable bonds is 4. The van der Waals surface area contributed by atoms with Gasteiger partial charge in [-0.1, -0.05) is 22.5 Å². The van der Waals surface area contributed by atoms with E-state index in [-0.39, 0.29) is 5.69 Å². The minimum atomic E-state index is -1.08. The summed E-state index contributed by atoms with van der Waals surface area (Å²) >= 11 is 0. The van der Waals surface area contributed by atoms with Gasteiger partial charge in [0.05, 0.1) is 12.2 Å². The van der Waals surface area contributed by atoms with E-state index in [1.54, 1.807) is 6.92 Å². The van der Waals surface area contributed by atoms with E-state index < -0.39 is 5.97 Å². The number of hydrogen-bond acceptors (Lipinski definition) is 6. The molecule has 0 radical (unpaired) electrons. The van der Waals surface area contributed by atoms with Crippen LogP contribution in [0, 0.1) is 6.92 Å². The summed E-state index contributed by atoms with van der Waals surface area (Å²) < 4.78 is 6.06. The van der Waals surface area contributed by atoms with Gasteiger partial charge in [0.15, 0.2) is 5.69 Å². The largest absolute Gasteiger partial charge is 0.476 e. The second-order valence-electron chi connectivity index (χ2n) is 3.50. The van der Waals surface area contributed by atoms with Crippen molar-refractivity contribution >= 4 is 5.97 Å². The van der Waals surface area contributed by atoms with Gasteiger partial charge in [-0.15, -0.1) is 5.10 Å². The van der Waals surface area contributed by atoms with E-state index in [0.717, 1.165) is 0 Å². The Kier molecular flexibility index (Phi) is 2.86. The molecule has 0 atom stereocenters. The van der Waals surface area contributed by atoms with Crippen LogP contribution in [0.15, 0.2) is 4.63 Å². The summed E-state index contributed by atoms with van der Waals surface area (Å²) in [7, 11) is 0. The topological polar surface area (TPSA) is 107 Å². The molecule has 2 heterocycles. The molecule has 2 rings (SSSR count). The third-order valence-electron chi connectivity index (χ3n) is 2.42. The lowest BCUT2D eigenvalue weighted by Crippen LogP contribution is -2.09. The zero-order valence-electron chi connectivity index (χ0n) is 9.41. The molecule has 0 aliphatic rings. The number of aromatic carboxylic acids is 1. The average molecular weight is 237 g/mol. The van der Waals surface area contributed by atoms with Gasteiger partial charge >= 0.3 is 5.97 Å². The molecule has 2 aromatic rings. The zero-order valence-corrected chi connectivity index (χ0v) is 9.41. The highest BCUT2D eigenvalue weighted by molar-refractivity contribution is 5.86. The molecule has 0 bridgehead atoms. The first-order valence-corrected chi connectivity index (χ1v) is 5.07. The van der Waals surface area contributed by atoms with Crippen molar-refractivity contribution in [1.29, 1.82) is 0 Å². The van der Waals surface area contributed by atoms with E-state index in [9.17, 15) is 4.79 Å². The van der Waals surface area contributed by atoms with Gasteiger partial charge in [0.1, 0.15) is 11.4 Å². The maximum Gasteiger partial charge on any atom is 0.358 e. The maximum atomic E-state index is 10.9. The maximum absolute atomic E-state index is 10.9. The van der Waals surface area contributed by atoms with Crippen molar-refractivity contribution < 1.29 is 14.5 Å². The highest BCUT2D eigenvalue weighted by Crippen LogP contribution is 2.10. The molecule has 0 saturated heterocycles. The van der Waals surface area contributed by atoms with Crippen molar-refractivity contribution in [2.45, 2.75) is 26.8 Å². The fourth-order valence-electron chi connectivity index (χ4n) is 1.51. The minimum Gasteiger partial charge on any atom is -0.476 e. The highest BCUT2D eigenvalue weighted by atomic mass is 16.6. The molecule has 17 heavy (non-hydrogen) atoms. The molecule has 0 aromatic carbocycles. The Balaban J connectivity index is 2.34. The van der Waals surface area contributed by atoms with Crippen LogP contribution in [-0.4, -0.2) is 36.4 Å². The smallest absolute Gasteiger partial charge is 0.358 e. The van der Waals surface area contributed by atoms with Crippen molar-refractivity contribution in [3.63, 3.8) is 0 Å². The standard InChI is InChI=1S/C9H11N5O3/c1-3-7-8(9(15)16)10-13-14(7)4-6-5(2)11-17-12-6/h3-4H2,1-2H3,(H,15,16). The Labute approximate surface area is 96.2 Å². The van der Waals surface area contributed by atoms with Crippen LogP contribution < -0.4 is 0 Å². The van der Waals surface area contributed by atoms with Gasteiger partial charge in [-0.25, -0.2) is 14.1 Å². The second-order valence-corrected chi connectivity index (χ2v) is 3.50. The van der Waals surface area contributed by atoms with Crippen molar-refractivity contribution in [1.82, 2.24) is 25.3 Å². The molecule has 0 amide bonds. The normalized spacial score (nSPS) is 10.7. The van der Waals surface area contributed by atoms with Gasteiger partial charge in [-0.05, 0) is 13.3 Å². The van der Waals surface area contributed by atoms with Crippen LogP contribution in [0.2, 0.25) is 0 Å². The number of carbonyl (C=O) groups is 1. The van der Waals surface area contributed by atoms with Crippen LogP contribution in [0.3, 0.4) is 0 Å². The Bertz CT molecular complexity index is 545. The summed E-state index contributed by atoms with van der Waals surface area (Å²) in [5.41, 5.74) is 1.79. The van der Waals surface area contributed by atoms with E-state index >= 15 is 0 Å². The van der Waals surface area contributed by atoms with Gasteiger partial charge in [-0.3, -0.25) is 0 Å². The van der Waals surface area contributed by atoms with E-state index in [1.165, 1.54) is 4.68 Å². The molecule has 0 fully saturated rings. The number of aromatic nitrogens is 5. The number of carboxylic acid groups (broad SMARTS) is 1. The zero-order chi connectivity index (χ0) is 12.4. The molecule has 0 spiro atoms. The Morgan fingerprint density at radius 2 is 2.24 bits per heavy atom. The summed E-state index contributed by atoms with van der Waals surface area (Å²) in [6.45, 7) is 3.90. The van der Waals surface area contributed by atoms with Crippen LogP contribution in [0.1, 0.15) is 34.5 Å². The minimum absolute atomic E-state index is 0.0263. The highest BCUT2D eigenvalue weighted by Gasteiger charge is 2.18. The van der Waals surface area contributed by atoms with Gasteiger partial charge in [-0.2, -0.15) is 0 Å². The van der Waals surface area contributed by atoms with E-state index in [4.69, 9.17) is 5.11 Å². The van der Waals surface area contributed by atoms with Crippen LogP contribution in [0.4, 0.5) is 0 Å². The number of aryl methyl sites for hydroxylation is 1. The van der Waals surface area contributed by atoms with E-state index in [0.29, 0.717) is 30.0 Å². The van der Waals surface area contributed by atoms with Crippen molar-refractivity contribution in [2.75, 3.05) is 0 Å². The van der Waals surface area contributed by atoms with E-state index in [2.05, 4.69) is 25.3 Å². The monoisotopic (exact) mass is 237 g/mol. The predicted molar refractivity (Wildman–Crippen MR) is 54.5 cm³/mol. The van der Waals surface area contributed by atoms with Gasteiger partial charge in [0, 0.05) is 0 Å². The third-order valence-corrected chi connectivity index (χ3v) is 2.42. The molecule has 0 aliphatic carbocycles. The van der Waals surface area contributed by atoms with Crippen LogP contribution in [0.25, 0.3) is 0 Å². The lowest BCUT2D eigenvalue weighted by molar-refractivity contribution is 0.0689. The number of carboxylic acids is 1. The molecule has 8 nitrogen and oxygen atoms in total. The number of nitrogens with zero attached hydrogens (tertiary/aromatic N) is 5. The SMILES string of the molecule is CCc1c(C(=O)O)nnn1Cc1nonc1C. The molecule has 0 aliphatic heterocycles. The quantitative estimate of drug-likeness (QED) is 0.813. The van der Waals surface area contributed by atoms with Crippen molar-refractivity contribution in [2.24, 2.45) is 0 Å². The lowest BCUT2D eigenvalue weighted by Gasteiger charge is -2.02. The van der Waals surface area contributed by atoms with Gasteiger partial charge in [0.2, 0.25) is 0 Å². The molecule has 2 aromatic heterocycles. The Morgan fingerprint density at radius 1 is 1.47 bits per heavy atom.